The summed E-state index contributed by atoms with van der Waals surface area (Å²) < 4.78 is 43.7. The van der Waals surface area contributed by atoms with Crippen molar-refractivity contribution in [3.63, 3.8) is 0 Å². The number of hydrogen-bond donors (Lipinski definition) is 1. The molecule has 1 aromatic carbocycles. The van der Waals surface area contributed by atoms with E-state index in [1.165, 1.54) is 12.1 Å². The number of nitrogens with zero attached hydrogens (tertiary/aromatic N) is 1. The van der Waals surface area contributed by atoms with Crippen LogP contribution in [-0.4, -0.2) is 58.4 Å². The van der Waals surface area contributed by atoms with E-state index >= 15 is 0 Å². The fraction of sp³-hybridized carbons (Fsp3) is 0.562. The third kappa shape index (κ3) is 3.88. The Kier molecular flexibility index (Phi) is 5.16. The molecule has 25 heavy (non-hydrogen) atoms. The summed E-state index contributed by atoms with van der Waals surface area (Å²) in [4.78, 5) is 14.4. The molecule has 1 fully saturated rings. The Balaban J connectivity index is 1.79. The van der Waals surface area contributed by atoms with Crippen LogP contribution < -0.4 is 14.2 Å². The van der Waals surface area contributed by atoms with E-state index in [1.807, 2.05) is 13.8 Å². The van der Waals surface area contributed by atoms with Crippen molar-refractivity contribution >= 4 is 15.9 Å². The van der Waals surface area contributed by atoms with Crippen LogP contribution in [0, 0.1) is 5.92 Å². The van der Waals surface area contributed by atoms with Gasteiger partial charge in [0.15, 0.2) is 11.5 Å². The fourth-order valence-electron chi connectivity index (χ4n) is 2.73. The van der Waals surface area contributed by atoms with Crippen molar-refractivity contribution < 1.29 is 27.4 Å². The maximum absolute atomic E-state index is 12.7. The first-order chi connectivity index (χ1) is 11.9. The summed E-state index contributed by atoms with van der Waals surface area (Å²) in [6.07, 6.45) is 0. The topological polar surface area (TPSA) is 94.2 Å². The Morgan fingerprint density at radius 3 is 2.52 bits per heavy atom. The quantitative estimate of drug-likeness (QED) is 0.815. The number of nitrogens with one attached hydrogen (secondary N) is 1. The van der Waals surface area contributed by atoms with Crippen LogP contribution in [0.5, 0.6) is 11.5 Å². The normalized spacial score (nSPS) is 18.4. The highest BCUT2D eigenvalue weighted by molar-refractivity contribution is 7.89. The van der Waals surface area contributed by atoms with Gasteiger partial charge in [0, 0.05) is 19.2 Å². The van der Waals surface area contributed by atoms with Crippen LogP contribution in [0.4, 0.5) is 0 Å². The minimum atomic E-state index is -3.87. The van der Waals surface area contributed by atoms with E-state index in [-0.39, 0.29) is 23.5 Å². The Morgan fingerprint density at radius 2 is 1.84 bits per heavy atom. The van der Waals surface area contributed by atoms with Gasteiger partial charge in [0.25, 0.3) is 0 Å². The van der Waals surface area contributed by atoms with Crippen molar-refractivity contribution in [2.75, 3.05) is 33.1 Å². The lowest BCUT2D eigenvalue weighted by Gasteiger charge is -2.32. The van der Waals surface area contributed by atoms with E-state index in [4.69, 9.17) is 14.2 Å². The van der Waals surface area contributed by atoms with Gasteiger partial charge in [-0.3, -0.25) is 4.79 Å². The molecule has 0 spiro atoms. The van der Waals surface area contributed by atoms with E-state index in [9.17, 15) is 13.2 Å². The first-order valence-corrected chi connectivity index (χ1v) is 9.65. The largest absolute Gasteiger partial charge is 0.454 e. The highest BCUT2D eigenvalue weighted by Gasteiger charge is 2.32. The maximum Gasteiger partial charge on any atom is 0.241 e. The fourth-order valence-corrected chi connectivity index (χ4v) is 4.08. The number of ether oxygens (including phenoxy) is 3. The Labute approximate surface area is 147 Å². The van der Waals surface area contributed by atoms with Gasteiger partial charge in [-0.25, -0.2) is 8.42 Å². The molecule has 0 saturated carbocycles. The van der Waals surface area contributed by atoms with Gasteiger partial charge in [-0.2, -0.15) is 4.72 Å². The van der Waals surface area contributed by atoms with Crippen LogP contribution in [0.1, 0.15) is 13.8 Å². The molecule has 2 aliphatic heterocycles. The zero-order chi connectivity index (χ0) is 18.0. The number of amides is 1. The molecule has 2 aliphatic rings. The van der Waals surface area contributed by atoms with Gasteiger partial charge >= 0.3 is 0 Å². The Bertz CT molecular complexity index is 743. The van der Waals surface area contributed by atoms with Gasteiger partial charge < -0.3 is 19.1 Å². The summed E-state index contributed by atoms with van der Waals surface area (Å²) in [6, 6.07) is 3.55. The lowest BCUT2D eigenvalue weighted by atomic mass is 10.0. The van der Waals surface area contributed by atoms with E-state index in [0.717, 1.165) is 0 Å². The van der Waals surface area contributed by atoms with E-state index in [2.05, 4.69) is 4.72 Å². The van der Waals surface area contributed by atoms with Crippen LogP contribution in [0.3, 0.4) is 0 Å². The Hall–Kier alpha value is -1.84. The van der Waals surface area contributed by atoms with Crippen LogP contribution in [0.2, 0.25) is 0 Å². The molecule has 0 radical (unpaired) electrons. The van der Waals surface area contributed by atoms with Gasteiger partial charge in [0.2, 0.25) is 22.7 Å². The van der Waals surface area contributed by atoms with Gasteiger partial charge in [-0.15, -0.1) is 0 Å². The predicted molar refractivity (Wildman–Crippen MR) is 88.9 cm³/mol. The van der Waals surface area contributed by atoms with Crippen molar-refractivity contribution in [3.8, 4) is 11.5 Å². The van der Waals surface area contributed by atoms with E-state index in [1.54, 1.807) is 11.0 Å². The number of sulfonamides is 1. The van der Waals surface area contributed by atoms with Crippen molar-refractivity contribution in [1.29, 1.82) is 0 Å². The average Bonchev–Trinajstić information content (AvgIpc) is 3.07. The first-order valence-electron chi connectivity index (χ1n) is 8.17. The second-order valence-electron chi connectivity index (χ2n) is 6.30. The molecule has 9 heteroatoms. The molecule has 2 heterocycles. The smallest absolute Gasteiger partial charge is 0.241 e. The predicted octanol–water partition coefficient (Wildman–Crippen LogP) is 0.577. The average molecular weight is 370 g/mol. The Morgan fingerprint density at radius 1 is 1.16 bits per heavy atom. The molecule has 0 aromatic heterocycles. The first kappa shape index (κ1) is 18.0. The second-order valence-corrected chi connectivity index (χ2v) is 8.01. The zero-order valence-electron chi connectivity index (χ0n) is 14.2. The lowest BCUT2D eigenvalue weighted by molar-refractivity contribution is -0.138. The van der Waals surface area contributed by atoms with Crippen LogP contribution in [0.25, 0.3) is 0 Å². The molecule has 8 nitrogen and oxygen atoms in total. The standard InChI is InChI=1S/C16H22N2O6S/c1-11(2)15(16(19)18-5-7-22-8-6-18)17-25(20,21)12-3-4-13-14(9-12)24-10-23-13/h3-4,9,11,15,17H,5-8,10H2,1-2H3/t15-/m0/s1. The number of benzene rings is 1. The van der Waals surface area contributed by atoms with Crippen molar-refractivity contribution in [1.82, 2.24) is 9.62 Å². The summed E-state index contributed by atoms with van der Waals surface area (Å²) >= 11 is 0. The number of morpholine rings is 1. The number of hydrogen-bond acceptors (Lipinski definition) is 6. The third-order valence-electron chi connectivity index (χ3n) is 4.19. The van der Waals surface area contributed by atoms with E-state index in [0.29, 0.717) is 37.8 Å². The van der Waals surface area contributed by atoms with Gasteiger partial charge in [-0.05, 0) is 18.1 Å². The number of carbonyl (C=O) groups is 1. The molecule has 1 saturated heterocycles. The summed E-state index contributed by atoms with van der Waals surface area (Å²) in [5.74, 6) is 0.453. The summed E-state index contributed by atoms with van der Waals surface area (Å²) in [6.45, 7) is 5.55. The molecule has 1 amide bonds. The lowest BCUT2D eigenvalue weighted by Crippen LogP contribution is -2.53. The molecule has 3 rings (SSSR count). The number of rotatable bonds is 5. The SMILES string of the molecule is CC(C)[C@H](NS(=O)(=O)c1ccc2c(c1)OCO2)C(=O)N1CCOCC1. The molecule has 1 aromatic rings. The summed E-state index contributed by atoms with van der Waals surface area (Å²) in [5.41, 5.74) is 0. The van der Waals surface area contributed by atoms with Gasteiger partial charge in [0.05, 0.1) is 18.1 Å². The van der Waals surface area contributed by atoms with Crippen molar-refractivity contribution in [2.45, 2.75) is 24.8 Å². The molecule has 138 valence electrons. The highest BCUT2D eigenvalue weighted by Crippen LogP contribution is 2.33. The highest BCUT2D eigenvalue weighted by atomic mass is 32.2. The van der Waals surface area contributed by atoms with Crippen molar-refractivity contribution in [2.24, 2.45) is 5.92 Å². The van der Waals surface area contributed by atoms with Crippen molar-refractivity contribution in [3.05, 3.63) is 18.2 Å². The van der Waals surface area contributed by atoms with E-state index < -0.39 is 16.1 Å². The van der Waals surface area contributed by atoms with Gasteiger partial charge in [0.1, 0.15) is 6.04 Å². The molecule has 0 bridgehead atoms. The third-order valence-corrected chi connectivity index (χ3v) is 5.63. The second kappa shape index (κ2) is 7.19. The minimum Gasteiger partial charge on any atom is -0.454 e. The zero-order valence-corrected chi connectivity index (χ0v) is 15.0. The summed E-state index contributed by atoms with van der Waals surface area (Å²) in [7, 11) is -3.87. The minimum absolute atomic E-state index is 0.0391. The van der Waals surface area contributed by atoms with Crippen LogP contribution in [0.15, 0.2) is 23.1 Å². The number of fused-ring (bicyclic) bond motifs is 1. The monoisotopic (exact) mass is 370 g/mol. The molecule has 0 unspecified atom stereocenters. The number of carbonyl (C=O) groups excluding carboxylic acids is 1. The summed E-state index contributed by atoms with van der Waals surface area (Å²) in [5, 5.41) is 0. The maximum atomic E-state index is 12.7. The van der Waals surface area contributed by atoms with Crippen LogP contribution in [-0.2, 0) is 19.6 Å². The molecule has 1 N–H and O–H groups in total. The molecular formula is C16H22N2O6S. The van der Waals surface area contributed by atoms with Gasteiger partial charge in [-0.1, -0.05) is 13.8 Å². The molecule has 1 atom stereocenters. The molecular weight excluding hydrogens is 348 g/mol. The molecule has 0 aliphatic carbocycles. The van der Waals surface area contributed by atoms with Crippen LogP contribution >= 0.6 is 0 Å².